The van der Waals surface area contributed by atoms with Gasteiger partial charge >= 0.3 is 5.97 Å². The Bertz CT molecular complexity index is 1020. The second kappa shape index (κ2) is 9.79. The average Bonchev–Trinajstić information content (AvgIpc) is 2.82. The van der Waals surface area contributed by atoms with Gasteiger partial charge in [0.2, 0.25) is 0 Å². The predicted molar refractivity (Wildman–Crippen MR) is 116 cm³/mol. The molecular formula is C26H24O4. The number of rotatable bonds is 8. The fourth-order valence-corrected chi connectivity index (χ4v) is 3.04. The first-order valence-corrected chi connectivity index (χ1v) is 9.99. The van der Waals surface area contributed by atoms with Crippen LogP contribution in [-0.2, 0) is 4.74 Å². The normalized spacial score (nSPS) is 11.5. The summed E-state index contributed by atoms with van der Waals surface area (Å²) in [4.78, 5) is 37.0. The number of hydrogen-bond donors (Lipinski definition) is 0. The van der Waals surface area contributed by atoms with Crippen LogP contribution >= 0.6 is 0 Å². The Hall–Kier alpha value is -3.53. The van der Waals surface area contributed by atoms with Crippen LogP contribution in [0.4, 0.5) is 0 Å². The highest BCUT2D eigenvalue weighted by Crippen LogP contribution is 2.19. The van der Waals surface area contributed by atoms with E-state index in [9.17, 15) is 14.4 Å². The number of benzene rings is 3. The topological polar surface area (TPSA) is 60.4 Å². The molecule has 0 aliphatic carbocycles. The molecule has 152 valence electrons. The standard InChI is InChI=1S/C26H24O4/c1-3-18(2)19-9-11-20(12-10-19)24(27)17-30-26(29)23-15-13-22(14-16-23)25(28)21-7-5-4-6-8-21/h4-16,18H,3,17H2,1-2H3/t18-/m1/s1. The second-order valence-corrected chi connectivity index (χ2v) is 7.20. The van der Waals surface area contributed by atoms with Gasteiger partial charge in [0.05, 0.1) is 5.56 Å². The molecule has 0 saturated carbocycles. The summed E-state index contributed by atoms with van der Waals surface area (Å²) in [6, 6.07) is 22.6. The van der Waals surface area contributed by atoms with Gasteiger partial charge in [0.15, 0.2) is 18.2 Å². The van der Waals surface area contributed by atoms with Crippen LogP contribution in [-0.4, -0.2) is 24.1 Å². The predicted octanol–water partition coefficient (Wildman–Crippen LogP) is 5.47. The fraction of sp³-hybridized carbons (Fsp3) is 0.192. The van der Waals surface area contributed by atoms with E-state index < -0.39 is 5.97 Å². The highest BCUT2D eigenvalue weighted by molar-refractivity contribution is 6.09. The van der Waals surface area contributed by atoms with Gasteiger partial charge in [0, 0.05) is 16.7 Å². The van der Waals surface area contributed by atoms with E-state index >= 15 is 0 Å². The number of esters is 1. The maximum absolute atomic E-state index is 12.4. The third-order valence-corrected chi connectivity index (χ3v) is 5.17. The van der Waals surface area contributed by atoms with Crippen LogP contribution in [0.2, 0.25) is 0 Å². The summed E-state index contributed by atoms with van der Waals surface area (Å²) < 4.78 is 5.15. The van der Waals surface area contributed by atoms with Crippen LogP contribution in [0, 0.1) is 0 Å². The van der Waals surface area contributed by atoms with Crippen molar-refractivity contribution in [1.82, 2.24) is 0 Å². The van der Waals surface area contributed by atoms with Gasteiger partial charge in [-0.3, -0.25) is 9.59 Å². The number of carbonyl (C=O) groups excluding carboxylic acids is 3. The van der Waals surface area contributed by atoms with Crippen molar-refractivity contribution in [2.75, 3.05) is 6.61 Å². The lowest BCUT2D eigenvalue weighted by atomic mass is 9.97. The van der Waals surface area contributed by atoms with E-state index in [1.54, 1.807) is 48.5 Å². The molecule has 0 N–H and O–H groups in total. The molecule has 3 rings (SSSR count). The molecule has 1 atom stereocenters. The molecule has 30 heavy (non-hydrogen) atoms. The molecule has 0 bridgehead atoms. The van der Waals surface area contributed by atoms with Crippen molar-refractivity contribution >= 4 is 17.5 Å². The molecule has 0 heterocycles. The average molecular weight is 400 g/mol. The van der Waals surface area contributed by atoms with E-state index in [1.807, 2.05) is 18.2 Å². The van der Waals surface area contributed by atoms with E-state index in [4.69, 9.17) is 4.74 Å². The third kappa shape index (κ3) is 5.09. The van der Waals surface area contributed by atoms with E-state index in [0.717, 1.165) is 6.42 Å². The Balaban J connectivity index is 1.58. The first-order valence-electron chi connectivity index (χ1n) is 9.99. The van der Waals surface area contributed by atoms with Gasteiger partial charge in [-0.05, 0) is 30.0 Å². The molecule has 3 aromatic carbocycles. The van der Waals surface area contributed by atoms with Crippen LogP contribution in [0.1, 0.15) is 68.4 Å². The Kier molecular flexibility index (Phi) is 6.91. The van der Waals surface area contributed by atoms with E-state index in [-0.39, 0.29) is 18.2 Å². The van der Waals surface area contributed by atoms with Gasteiger partial charge in [-0.25, -0.2) is 4.79 Å². The van der Waals surface area contributed by atoms with Gasteiger partial charge < -0.3 is 4.74 Å². The largest absolute Gasteiger partial charge is 0.454 e. The van der Waals surface area contributed by atoms with Crippen LogP contribution in [0.5, 0.6) is 0 Å². The smallest absolute Gasteiger partial charge is 0.338 e. The monoisotopic (exact) mass is 400 g/mol. The summed E-state index contributed by atoms with van der Waals surface area (Å²) >= 11 is 0. The van der Waals surface area contributed by atoms with E-state index in [2.05, 4.69) is 13.8 Å². The van der Waals surface area contributed by atoms with Gasteiger partial charge in [-0.15, -0.1) is 0 Å². The molecule has 0 radical (unpaired) electrons. The Morgan fingerprint density at radius 2 is 1.27 bits per heavy atom. The zero-order valence-electron chi connectivity index (χ0n) is 17.1. The summed E-state index contributed by atoms with van der Waals surface area (Å²) in [5.74, 6) is -0.538. The van der Waals surface area contributed by atoms with Gasteiger partial charge in [0.25, 0.3) is 0 Å². The fourth-order valence-electron chi connectivity index (χ4n) is 3.04. The van der Waals surface area contributed by atoms with Gasteiger partial charge in [-0.2, -0.15) is 0 Å². The van der Waals surface area contributed by atoms with Crippen molar-refractivity contribution in [3.05, 3.63) is 107 Å². The molecule has 3 aromatic rings. The molecule has 0 fully saturated rings. The summed E-state index contributed by atoms with van der Waals surface area (Å²) in [6.45, 7) is 3.93. The number of Topliss-reactive ketones (excluding diaryl/α,β-unsaturated/α-hetero) is 1. The molecule has 4 nitrogen and oxygen atoms in total. The SMILES string of the molecule is CC[C@@H](C)c1ccc(C(=O)COC(=O)c2ccc(C(=O)c3ccccc3)cc2)cc1. The molecular weight excluding hydrogens is 376 g/mol. The highest BCUT2D eigenvalue weighted by atomic mass is 16.5. The Morgan fingerprint density at radius 1 is 0.733 bits per heavy atom. The lowest BCUT2D eigenvalue weighted by molar-refractivity contribution is 0.0474. The van der Waals surface area contributed by atoms with Gasteiger partial charge in [-0.1, -0.05) is 80.6 Å². The van der Waals surface area contributed by atoms with Crippen molar-refractivity contribution < 1.29 is 19.1 Å². The summed E-state index contributed by atoms with van der Waals surface area (Å²) in [7, 11) is 0. The van der Waals surface area contributed by atoms with Crippen molar-refractivity contribution in [2.24, 2.45) is 0 Å². The molecule has 0 aliphatic heterocycles. The third-order valence-electron chi connectivity index (χ3n) is 5.17. The maximum atomic E-state index is 12.4. The van der Waals surface area contributed by atoms with Crippen LogP contribution < -0.4 is 0 Å². The maximum Gasteiger partial charge on any atom is 0.338 e. The molecule has 0 saturated heterocycles. The summed E-state index contributed by atoms with van der Waals surface area (Å²) in [5.41, 5.74) is 3.04. The molecule has 0 unspecified atom stereocenters. The van der Waals surface area contributed by atoms with Crippen molar-refractivity contribution in [2.45, 2.75) is 26.2 Å². The van der Waals surface area contributed by atoms with Crippen molar-refractivity contribution in [3.63, 3.8) is 0 Å². The van der Waals surface area contributed by atoms with E-state index in [0.29, 0.717) is 28.2 Å². The van der Waals surface area contributed by atoms with Crippen molar-refractivity contribution in [1.29, 1.82) is 0 Å². The second-order valence-electron chi connectivity index (χ2n) is 7.20. The minimum absolute atomic E-state index is 0.119. The summed E-state index contributed by atoms with van der Waals surface area (Å²) in [6.07, 6.45) is 1.03. The number of ketones is 2. The molecule has 0 amide bonds. The summed E-state index contributed by atoms with van der Waals surface area (Å²) in [5, 5.41) is 0. The molecule has 0 aliphatic rings. The Labute approximate surface area is 176 Å². The van der Waals surface area contributed by atoms with Crippen LogP contribution in [0.15, 0.2) is 78.9 Å². The highest BCUT2D eigenvalue weighted by Gasteiger charge is 2.14. The zero-order valence-corrected chi connectivity index (χ0v) is 17.1. The first kappa shape index (κ1) is 21.2. The molecule has 4 heteroatoms. The van der Waals surface area contributed by atoms with Gasteiger partial charge in [0.1, 0.15) is 0 Å². The lowest BCUT2D eigenvalue weighted by Gasteiger charge is -2.09. The molecule has 0 aromatic heterocycles. The first-order chi connectivity index (χ1) is 14.5. The van der Waals surface area contributed by atoms with E-state index in [1.165, 1.54) is 17.7 Å². The number of carbonyl (C=O) groups is 3. The minimum Gasteiger partial charge on any atom is -0.454 e. The number of hydrogen-bond acceptors (Lipinski definition) is 4. The van der Waals surface area contributed by atoms with Crippen molar-refractivity contribution in [3.8, 4) is 0 Å². The Morgan fingerprint density at radius 3 is 1.87 bits per heavy atom. The lowest BCUT2D eigenvalue weighted by Crippen LogP contribution is -2.14. The minimum atomic E-state index is -0.599. The number of ether oxygens (including phenoxy) is 1. The quantitative estimate of drug-likeness (QED) is 0.372. The van der Waals surface area contributed by atoms with Crippen LogP contribution in [0.25, 0.3) is 0 Å². The van der Waals surface area contributed by atoms with Crippen LogP contribution in [0.3, 0.4) is 0 Å². The molecule has 0 spiro atoms. The zero-order chi connectivity index (χ0) is 21.5.